The van der Waals surface area contributed by atoms with Crippen molar-refractivity contribution in [1.29, 1.82) is 0 Å². The van der Waals surface area contributed by atoms with Gasteiger partial charge in [-0.25, -0.2) is 8.42 Å². The molecule has 1 amide bonds. The van der Waals surface area contributed by atoms with E-state index < -0.39 is 27.4 Å². The Labute approximate surface area is 200 Å². The van der Waals surface area contributed by atoms with Gasteiger partial charge in [-0.05, 0) is 49.2 Å². The lowest BCUT2D eigenvalue weighted by Gasteiger charge is -2.22. The molecule has 33 heavy (non-hydrogen) atoms. The zero-order valence-electron chi connectivity index (χ0n) is 18.0. The molecule has 0 fully saturated rings. The van der Waals surface area contributed by atoms with E-state index in [0.29, 0.717) is 11.1 Å². The van der Waals surface area contributed by atoms with Gasteiger partial charge in [0.05, 0.1) is 22.1 Å². The fraction of sp³-hybridized carbons (Fsp3) is 0.174. The molecule has 0 radical (unpaired) electrons. The number of carbonyl (C=O) groups excluding carboxylic acids is 1. The second kappa shape index (κ2) is 10.2. The first-order chi connectivity index (χ1) is 15.6. The van der Waals surface area contributed by atoms with Gasteiger partial charge in [0.15, 0.2) is 0 Å². The minimum absolute atomic E-state index is 0.0230. The Kier molecular flexibility index (Phi) is 7.62. The third-order valence-electron chi connectivity index (χ3n) is 4.96. The molecule has 3 aromatic rings. The summed E-state index contributed by atoms with van der Waals surface area (Å²) in [7, 11) is -3.99. The number of carbonyl (C=O) groups is 1. The average molecular weight is 532 g/mol. The van der Waals surface area contributed by atoms with E-state index in [2.05, 4.69) is 21.2 Å². The van der Waals surface area contributed by atoms with Gasteiger partial charge in [-0.1, -0.05) is 51.8 Å². The minimum atomic E-state index is -3.99. The second-order valence-electron chi connectivity index (χ2n) is 7.52. The molecule has 0 aliphatic rings. The minimum Gasteiger partial charge on any atom is -0.324 e. The number of benzene rings is 3. The summed E-state index contributed by atoms with van der Waals surface area (Å²) in [6.07, 6.45) is 0. The molecule has 0 spiro atoms. The van der Waals surface area contributed by atoms with Crippen molar-refractivity contribution in [3.05, 3.63) is 98.0 Å². The van der Waals surface area contributed by atoms with Crippen LogP contribution in [0.3, 0.4) is 0 Å². The van der Waals surface area contributed by atoms with Crippen LogP contribution in [0, 0.1) is 24.0 Å². The molecule has 8 nitrogen and oxygen atoms in total. The maximum Gasteiger partial charge on any atom is 0.271 e. The lowest BCUT2D eigenvalue weighted by atomic mass is 10.2. The number of nitro benzene ring substituents is 1. The van der Waals surface area contributed by atoms with Crippen molar-refractivity contribution < 1.29 is 18.1 Å². The van der Waals surface area contributed by atoms with Gasteiger partial charge in [0, 0.05) is 23.2 Å². The number of hydrogen-bond acceptors (Lipinski definition) is 5. The SMILES string of the molecule is Cc1ccc(S(=O)(=O)N(CC(=O)Nc2cc([N+](=O)[O-])ccc2C)Cc2ccc(Br)cc2)cc1. The molecule has 3 rings (SSSR count). The van der Waals surface area contributed by atoms with Crippen LogP contribution in [0.4, 0.5) is 11.4 Å². The molecule has 0 aliphatic heterocycles. The van der Waals surface area contributed by atoms with Crippen LogP contribution in [0.5, 0.6) is 0 Å². The van der Waals surface area contributed by atoms with E-state index in [9.17, 15) is 23.3 Å². The Morgan fingerprint density at radius 3 is 2.27 bits per heavy atom. The molecular weight excluding hydrogens is 510 g/mol. The van der Waals surface area contributed by atoms with E-state index in [1.165, 1.54) is 30.3 Å². The summed E-state index contributed by atoms with van der Waals surface area (Å²) < 4.78 is 28.7. The predicted molar refractivity (Wildman–Crippen MR) is 129 cm³/mol. The van der Waals surface area contributed by atoms with E-state index in [1.807, 2.05) is 6.92 Å². The molecule has 0 aliphatic carbocycles. The van der Waals surface area contributed by atoms with Crippen molar-refractivity contribution in [1.82, 2.24) is 4.31 Å². The second-order valence-corrected chi connectivity index (χ2v) is 10.4. The van der Waals surface area contributed by atoms with Gasteiger partial charge in [0.25, 0.3) is 5.69 Å². The molecule has 1 N–H and O–H groups in total. The fourth-order valence-corrected chi connectivity index (χ4v) is 4.74. The number of aryl methyl sites for hydroxylation is 2. The molecule has 0 saturated heterocycles. The quantitative estimate of drug-likeness (QED) is 0.331. The number of nitrogens with one attached hydrogen (secondary N) is 1. The summed E-state index contributed by atoms with van der Waals surface area (Å²) in [4.78, 5) is 23.4. The topological polar surface area (TPSA) is 110 Å². The standard InChI is InChI=1S/C23H22BrN3O5S/c1-16-3-11-21(12-4-16)33(31,32)26(14-18-6-8-19(24)9-7-18)15-23(28)25-22-13-20(27(29)30)10-5-17(22)2/h3-13H,14-15H2,1-2H3,(H,25,28). The zero-order valence-corrected chi connectivity index (χ0v) is 20.4. The van der Waals surface area contributed by atoms with Crippen molar-refractivity contribution in [2.75, 3.05) is 11.9 Å². The number of anilines is 1. The smallest absolute Gasteiger partial charge is 0.271 e. The van der Waals surface area contributed by atoms with Gasteiger partial charge in [-0.15, -0.1) is 0 Å². The number of rotatable bonds is 8. The molecule has 0 heterocycles. The van der Waals surface area contributed by atoms with E-state index >= 15 is 0 Å². The van der Waals surface area contributed by atoms with Crippen molar-refractivity contribution in [3.63, 3.8) is 0 Å². The van der Waals surface area contributed by atoms with E-state index in [4.69, 9.17) is 0 Å². The molecule has 0 aromatic heterocycles. The van der Waals surface area contributed by atoms with Crippen molar-refractivity contribution in [2.24, 2.45) is 0 Å². The van der Waals surface area contributed by atoms with Crippen LogP contribution in [-0.4, -0.2) is 30.1 Å². The maximum atomic E-state index is 13.4. The lowest BCUT2D eigenvalue weighted by molar-refractivity contribution is -0.384. The van der Waals surface area contributed by atoms with Crippen LogP contribution >= 0.6 is 15.9 Å². The van der Waals surface area contributed by atoms with E-state index in [0.717, 1.165) is 14.3 Å². The van der Waals surface area contributed by atoms with Gasteiger partial charge < -0.3 is 5.32 Å². The van der Waals surface area contributed by atoms with E-state index in [-0.39, 0.29) is 22.8 Å². The summed E-state index contributed by atoms with van der Waals surface area (Å²) in [6.45, 7) is 3.06. The lowest BCUT2D eigenvalue weighted by Crippen LogP contribution is -2.37. The number of halogens is 1. The Morgan fingerprint density at radius 2 is 1.67 bits per heavy atom. The largest absolute Gasteiger partial charge is 0.324 e. The van der Waals surface area contributed by atoms with Gasteiger partial charge in [0.1, 0.15) is 0 Å². The Morgan fingerprint density at radius 1 is 1.03 bits per heavy atom. The molecule has 0 unspecified atom stereocenters. The van der Waals surface area contributed by atoms with Crippen molar-refractivity contribution >= 4 is 43.2 Å². The average Bonchev–Trinajstić information content (AvgIpc) is 2.76. The van der Waals surface area contributed by atoms with Crippen LogP contribution in [0.15, 0.2) is 76.1 Å². The predicted octanol–water partition coefficient (Wildman–Crippen LogP) is 4.80. The molecule has 10 heteroatoms. The first kappa shape index (κ1) is 24.6. The maximum absolute atomic E-state index is 13.4. The van der Waals surface area contributed by atoms with Crippen LogP contribution in [-0.2, 0) is 21.4 Å². The van der Waals surface area contributed by atoms with Gasteiger partial charge in [-0.3, -0.25) is 14.9 Å². The summed E-state index contributed by atoms with van der Waals surface area (Å²) in [6, 6.07) is 17.6. The van der Waals surface area contributed by atoms with E-state index in [1.54, 1.807) is 43.3 Å². The number of sulfonamides is 1. The third kappa shape index (κ3) is 6.25. The highest BCUT2D eigenvalue weighted by molar-refractivity contribution is 9.10. The summed E-state index contributed by atoms with van der Waals surface area (Å²) in [5.74, 6) is -0.605. The van der Waals surface area contributed by atoms with Crippen molar-refractivity contribution in [3.8, 4) is 0 Å². The summed E-state index contributed by atoms with van der Waals surface area (Å²) in [5.41, 5.74) is 2.32. The molecule has 3 aromatic carbocycles. The van der Waals surface area contributed by atoms with Crippen LogP contribution in [0.1, 0.15) is 16.7 Å². The third-order valence-corrected chi connectivity index (χ3v) is 7.29. The summed E-state index contributed by atoms with van der Waals surface area (Å²) >= 11 is 3.35. The molecular formula is C23H22BrN3O5S. The first-order valence-corrected chi connectivity index (χ1v) is 12.2. The van der Waals surface area contributed by atoms with Crippen LogP contribution in [0.25, 0.3) is 0 Å². The molecule has 172 valence electrons. The van der Waals surface area contributed by atoms with Gasteiger partial charge in [0.2, 0.25) is 15.9 Å². The number of non-ortho nitro benzene ring substituents is 1. The molecule has 0 bridgehead atoms. The first-order valence-electron chi connectivity index (χ1n) is 9.92. The highest BCUT2D eigenvalue weighted by Crippen LogP contribution is 2.23. The van der Waals surface area contributed by atoms with Gasteiger partial charge >= 0.3 is 0 Å². The Bertz CT molecular complexity index is 1280. The number of amides is 1. The molecule has 0 saturated carbocycles. The fourth-order valence-electron chi connectivity index (χ4n) is 3.09. The van der Waals surface area contributed by atoms with Crippen LogP contribution < -0.4 is 5.32 Å². The zero-order chi connectivity index (χ0) is 24.2. The Hall–Kier alpha value is -3.08. The normalized spacial score (nSPS) is 11.4. The number of nitro groups is 1. The monoisotopic (exact) mass is 531 g/mol. The Balaban J connectivity index is 1.90. The highest BCUT2D eigenvalue weighted by atomic mass is 79.9. The number of nitrogens with zero attached hydrogens (tertiary/aromatic N) is 2. The van der Waals surface area contributed by atoms with Crippen molar-refractivity contribution in [2.45, 2.75) is 25.3 Å². The number of hydrogen-bond donors (Lipinski definition) is 1. The highest BCUT2D eigenvalue weighted by Gasteiger charge is 2.27. The molecule has 0 atom stereocenters. The van der Waals surface area contributed by atoms with Gasteiger partial charge in [-0.2, -0.15) is 4.31 Å². The van der Waals surface area contributed by atoms with Crippen LogP contribution in [0.2, 0.25) is 0 Å². The summed E-state index contributed by atoms with van der Waals surface area (Å²) in [5, 5.41) is 13.7.